The number of benzene rings is 1. The van der Waals surface area contributed by atoms with Crippen molar-refractivity contribution in [2.75, 3.05) is 24.5 Å². The fourth-order valence-electron chi connectivity index (χ4n) is 2.73. The van der Waals surface area contributed by atoms with Crippen LogP contribution in [0.25, 0.3) is 0 Å². The summed E-state index contributed by atoms with van der Waals surface area (Å²) in [7, 11) is 0. The number of para-hydroxylation sites is 1. The van der Waals surface area contributed by atoms with Crippen molar-refractivity contribution in [2.24, 2.45) is 5.92 Å². The van der Waals surface area contributed by atoms with E-state index in [-0.39, 0.29) is 6.03 Å². The molecule has 2 heterocycles. The normalized spacial score (nSPS) is 17.5. The Labute approximate surface area is 129 Å². The third kappa shape index (κ3) is 3.78. The molecule has 22 heavy (non-hydrogen) atoms. The number of anilines is 1. The minimum atomic E-state index is -0.132. The van der Waals surface area contributed by atoms with E-state index in [2.05, 4.69) is 50.0 Å². The number of urea groups is 1. The van der Waals surface area contributed by atoms with Gasteiger partial charge >= 0.3 is 6.03 Å². The van der Waals surface area contributed by atoms with Gasteiger partial charge in [0.25, 0.3) is 0 Å². The van der Waals surface area contributed by atoms with Gasteiger partial charge in [-0.1, -0.05) is 18.2 Å². The van der Waals surface area contributed by atoms with Crippen molar-refractivity contribution in [2.45, 2.75) is 13.0 Å². The van der Waals surface area contributed by atoms with E-state index in [1.165, 1.54) is 5.69 Å². The lowest BCUT2D eigenvalue weighted by atomic mass is 10.1. The van der Waals surface area contributed by atoms with E-state index in [0.29, 0.717) is 19.0 Å². The molecule has 1 fully saturated rings. The summed E-state index contributed by atoms with van der Waals surface area (Å²) in [6.07, 6.45) is 2.78. The number of hydrogen-bond acceptors (Lipinski definition) is 3. The zero-order valence-corrected chi connectivity index (χ0v) is 12.5. The van der Waals surface area contributed by atoms with Crippen molar-refractivity contribution < 1.29 is 4.79 Å². The molecule has 1 aromatic carbocycles. The SMILES string of the molecule is O=C(NCc1ccn[nH]1)NC[C@@H]1CCN(c2ccccc2)C1. The van der Waals surface area contributed by atoms with Crippen LogP contribution in [0.4, 0.5) is 10.5 Å². The fourth-order valence-corrected chi connectivity index (χ4v) is 2.73. The maximum atomic E-state index is 11.8. The molecule has 116 valence electrons. The first-order valence-corrected chi connectivity index (χ1v) is 7.61. The molecule has 0 saturated carbocycles. The average Bonchev–Trinajstić information content (AvgIpc) is 3.23. The van der Waals surface area contributed by atoms with Crippen LogP contribution in [0, 0.1) is 5.92 Å². The molecule has 3 N–H and O–H groups in total. The molecule has 1 aliphatic rings. The summed E-state index contributed by atoms with van der Waals surface area (Å²) in [6.45, 7) is 3.21. The first-order chi connectivity index (χ1) is 10.8. The highest BCUT2D eigenvalue weighted by molar-refractivity contribution is 5.73. The minimum absolute atomic E-state index is 0.132. The summed E-state index contributed by atoms with van der Waals surface area (Å²) >= 11 is 0. The van der Waals surface area contributed by atoms with Crippen molar-refractivity contribution in [1.29, 1.82) is 0 Å². The smallest absolute Gasteiger partial charge is 0.315 e. The van der Waals surface area contributed by atoms with Crippen molar-refractivity contribution >= 4 is 11.7 Å². The number of amides is 2. The zero-order valence-electron chi connectivity index (χ0n) is 12.5. The van der Waals surface area contributed by atoms with E-state index in [1.807, 2.05) is 12.1 Å². The molecule has 0 aliphatic carbocycles. The standard InChI is InChI=1S/C16H21N5O/c22-16(18-11-14-6-8-19-20-14)17-10-13-7-9-21(12-13)15-4-2-1-3-5-15/h1-6,8,13H,7,9-12H2,(H,19,20)(H2,17,18,22)/t13-/m0/s1. The second kappa shape index (κ2) is 6.98. The molecule has 1 atom stereocenters. The zero-order chi connectivity index (χ0) is 15.2. The Morgan fingerprint density at radius 2 is 2.14 bits per heavy atom. The average molecular weight is 299 g/mol. The number of rotatable bonds is 5. The molecule has 3 rings (SSSR count). The van der Waals surface area contributed by atoms with Gasteiger partial charge in [0.2, 0.25) is 0 Å². The molecule has 6 nitrogen and oxygen atoms in total. The van der Waals surface area contributed by atoms with Crippen LogP contribution in [-0.2, 0) is 6.54 Å². The number of carbonyl (C=O) groups is 1. The van der Waals surface area contributed by atoms with Crippen LogP contribution < -0.4 is 15.5 Å². The highest BCUT2D eigenvalue weighted by atomic mass is 16.2. The lowest BCUT2D eigenvalue weighted by Crippen LogP contribution is -2.38. The van der Waals surface area contributed by atoms with Gasteiger partial charge in [-0.3, -0.25) is 5.10 Å². The highest BCUT2D eigenvalue weighted by Crippen LogP contribution is 2.22. The van der Waals surface area contributed by atoms with E-state index in [4.69, 9.17) is 0 Å². The number of aromatic amines is 1. The summed E-state index contributed by atoms with van der Waals surface area (Å²) in [6, 6.07) is 12.1. The molecule has 0 spiro atoms. The van der Waals surface area contributed by atoms with Gasteiger partial charge in [-0.05, 0) is 30.5 Å². The Morgan fingerprint density at radius 3 is 2.91 bits per heavy atom. The van der Waals surface area contributed by atoms with Gasteiger partial charge in [-0.2, -0.15) is 5.10 Å². The summed E-state index contributed by atoms with van der Waals surface area (Å²) < 4.78 is 0. The van der Waals surface area contributed by atoms with Crippen LogP contribution in [-0.4, -0.2) is 35.9 Å². The van der Waals surface area contributed by atoms with Gasteiger partial charge in [0, 0.05) is 31.5 Å². The fraction of sp³-hybridized carbons (Fsp3) is 0.375. The number of H-pyrrole nitrogens is 1. The van der Waals surface area contributed by atoms with Crippen molar-refractivity contribution in [1.82, 2.24) is 20.8 Å². The molecule has 2 aromatic rings. The monoisotopic (exact) mass is 299 g/mol. The molecule has 1 aliphatic heterocycles. The van der Waals surface area contributed by atoms with Crippen LogP contribution >= 0.6 is 0 Å². The minimum Gasteiger partial charge on any atom is -0.371 e. The Morgan fingerprint density at radius 1 is 1.27 bits per heavy atom. The highest BCUT2D eigenvalue weighted by Gasteiger charge is 2.22. The second-order valence-corrected chi connectivity index (χ2v) is 5.58. The molecule has 2 amide bonds. The Hall–Kier alpha value is -2.50. The predicted octanol–water partition coefficient (Wildman–Crippen LogP) is 1.74. The predicted molar refractivity (Wildman–Crippen MR) is 85.6 cm³/mol. The summed E-state index contributed by atoms with van der Waals surface area (Å²) in [5.74, 6) is 0.498. The topological polar surface area (TPSA) is 73.0 Å². The van der Waals surface area contributed by atoms with Crippen LogP contribution in [0.1, 0.15) is 12.1 Å². The molecule has 1 aromatic heterocycles. The first kappa shape index (κ1) is 14.4. The number of nitrogens with one attached hydrogen (secondary N) is 3. The van der Waals surface area contributed by atoms with Gasteiger partial charge in [0.15, 0.2) is 0 Å². The Balaban J connectivity index is 1.38. The largest absolute Gasteiger partial charge is 0.371 e. The third-order valence-corrected chi connectivity index (χ3v) is 3.96. The van der Waals surface area contributed by atoms with E-state index in [9.17, 15) is 4.79 Å². The maximum Gasteiger partial charge on any atom is 0.315 e. The second-order valence-electron chi connectivity index (χ2n) is 5.58. The van der Waals surface area contributed by atoms with E-state index in [0.717, 1.165) is 25.2 Å². The summed E-state index contributed by atoms with van der Waals surface area (Å²) in [4.78, 5) is 14.1. The third-order valence-electron chi connectivity index (χ3n) is 3.96. The van der Waals surface area contributed by atoms with Crippen LogP contribution in [0.2, 0.25) is 0 Å². The van der Waals surface area contributed by atoms with Crippen molar-refractivity contribution in [3.63, 3.8) is 0 Å². The maximum absolute atomic E-state index is 11.8. The van der Waals surface area contributed by atoms with Gasteiger partial charge in [0.05, 0.1) is 12.2 Å². The number of nitrogens with zero attached hydrogens (tertiary/aromatic N) is 2. The molecule has 1 saturated heterocycles. The number of carbonyl (C=O) groups excluding carboxylic acids is 1. The number of aromatic nitrogens is 2. The Kier molecular flexibility index (Phi) is 4.58. The quantitative estimate of drug-likeness (QED) is 0.787. The molecule has 0 bridgehead atoms. The van der Waals surface area contributed by atoms with Crippen LogP contribution in [0.15, 0.2) is 42.6 Å². The first-order valence-electron chi connectivity index (χ1n) is 7.61. The molecule has 0 radical (unpaired) electrons. The van der Waals surface area contributed by atoms with Gasteiger partial charge < -0.3 is 15.5 Å². The van der Waals surface area contributed by atoms with Crippen LogP contribution in [0.3, 0.4) is 0 Å². The summed E-state index contributed by atoms with van der Waals surface area (Å²) in [5, 5.41) is 12.4. The van der Waals surface area contributed by atoms with E-state index < -0.39 is 0 Å². The molecule has 0 unspecified atom stereocenters. The molecular weight excluding hydrogens is 278 g/mol. The molecular formula is C16H21N5O. The lowest BCUT2D eigenvalue weighted by Gasteiger charge is -2.18. The van der Waals surface area contributed by atoms with E-state index >= 15 is 0 Å². The number of hydrogen-bond donors (Lipinski definition) is 3. The van der Waals surface area contributed by atoms with Gasteiger partial charge in [0.1, 0.15) is 0 Å². The van der Waals surface area contributed by atoms with Crippen molar-refractivity contribution in [3.05, 3.63) is 48.3 Å². The van der Waals surface area contributed by atoms with Crippen LogP contribution in [0.5, 0.6) is 0 Å². The van der Waals surface area contributed by atoms with Gasteiger partial charge in [-0.25, -0.2) is 4.79 Å². The summed E-state index contributed by atoms with van der Waals surface area (Å²) in [5.41, 5.74) is 2.15. The van der Waals surface area contributed by atoms with Crippen molar-refractivity contribution in [3.8, 4) is 0 Å². The van der Waals surface area contributed by atoms with Gasteiger partial charge in [-0.15, -0.1) is 0 Å². The molecule has 6 heteroatoms. The lowest BCUT2D eigenvalue weighted by molar-refractivity contribution is 0.239. The van der Waals surface area contributed by atoms with E-state index in [1.54, 1.807) is 6.20 Å². The Bertz CT molecular complexity index is 584.